The molecule has 1 aromatic heterocycles. The van der Waals surface area contributed by atoms with E-state index in [1.54, 1.807) is 0 Å². The summed E-state index contributed by atoms with van der Waals surface area (Å²) in [5.74, 6) is 0.937. The second kappa shape index (κ2) is 5.87. The van der Waals surface area contributed by atoms with Crippen LogP contribution in [0.1, 0.15) is 46.9 Å². The molecule has 2 rings (SSSR count). The van der Waals surface area contributed by atoms with Gasteiger partial charge in [0, 0.05) is 11.3 Å². The molecular formula is C17H20N2O. The van der Waals surface area contributed by atoms with Crippen molar-refractivity contribution in [3.8, 4) is 0 Å². The first-order valence-electron chi connectivity index (χ1n) is 6.82. The number of amides is 1. The molecule has 1 aromatic carbocycles. The summed E-state index contributed by atoms with van der Waals surface area (Å²) in [5, 5.41) is 2.84. The summed E-state index contributed by atoms with van der Waals surface area (Å²) >= 11 is 0. The molecule has 0 aliphatic rings. The molecule has 3 heteroatoms. The van der Waals surface area contributed by atoms with E-state index < -0.39 is 0 Å². The Balaban J connectivity index is 2.15. The van der Waals surface area contributed by atoms with E-state index in [-0.39, 0.29) is 5.91 Å². The van der Waals surface area contributed by atoms with E-state index in [0.29, 0.717) is 17.3 Å². The van der Waals surface area contributed by atoms with Gasteiger partial charge in [-0.15, -0.1) is 0 Å². The van der Waals surface area contributed by atoms with Crippen molar-refractivity contribution in [3.63, 3.8) is 0 Å². The highest BCUT2D eigenvalue weighted by Crippen LogP contribution is 2.16. The van der Waals surface area contributed by atoms with Gasteiger partial charge in [-0.25, -0.2) is 4.98 Å². The third-order valence-electron chi connectivity index (χ3n) is 3.18. The Bertz CT molecular complexity index is 595. The lowest BCUT2D eigenvalue weighted by atomic mass is 10.0. The smallest absolute Gasteiger partial charge is 0.256 e. The standard InChI is InChI=1S/C17H20N2O/c1-11(2)14-5-7-15(8-6-14)17(20)19-16-10-12(3)9-13(4)18-16/h5-11H,1-4H3,(H,18,19,20). The first kappa shape index (κ1) is 14.3. The molecule has 20 heavy (non-hydrogen) atoms. The van der Waals surface area contributed by atoms with Gasteiger partial charge in [-0.2, -0.15) is 0 Å². The Morgan fingerprint density at radius 2 is 1.75 bits per heavy atom. The molecule has 1 N–H and O–H groups in total. The molecule has 0 bridgehead atoms. The van der Waals surface area contributed by atoms with Crippen LogP contribution in [0.2, 0.25) is 0 Å². The Morgan fingerprint density at radius 3 is 2.30 bits per heavy atom. The first-order valence-corrected chi connectivity index (χ1v) is 6.82. The second-order valence-electron chi connectivity index (χ2n) is 5.40. The van der Waals surface area contributed by atoms with Crippen LogP contribution in [0.5, 0.6) is 0 Å². The van der Waals surface area contributed by atoms with Crippen LogP contribution in [0, 0.1) is 13.8 Å². The monoisotopic (exact) mass is 268 g/mol. The van der Waals surface area contributed by atoms with E-state index in [1.807, 2.05) is 50.2 Å². The lowest BCUT2D eigenvalue weighted by Crippen LogP contribution is -2.13. The highest BCUT2D eigenvalue weighted by Gasteiger charge is 2.08. The average Bonchev–Trinajstić information content (AvgIpc) is 2.37. The van der Waals surface area contributed by atoms with Gasteiger partial charge in [-0.05, 0) is 55.2 Å². The number of nitrogens with zero attached hydrogens (tertiary/aromatic N) is 1. The Labute approximate surface area is 120 Å². The molecular weight excluding hydrogens is 248 g/mol. The highest BCUT2D eigenvalue weighted by molar-refractivity contribution is 6.03. The van der Waals surface area contributed by atoms with Gasteiger partial charge in [0.2, 0.25) is 0 Å². The predicted octanol–water partition coefficient (Wildman–Crippen LogP) is 4.07. The maximum Gasteiger partial charge on any atom is 0.256 e. The highest BCUT2D eigenvalue weighted by atomic mass is 16.1. The maximum atomic E-state index is 12.2. The molecule has 0 atom stereocenters. The number of pyridine rings is 1. The van der Waals surface area contributed by atoms with Crippen molar-refractivity contribution in [2.75, 3.05) is 5.32 Å². The number of benzene rings is 1. The number of carbonyl (C=O) groups excluding carboxylic acids is 1. The molecule has 0 unspecified atom stereocenters. The number of hydrogen-bond acceptors (Lipinski definition) is 2. The number of nitrogens with one attached hydrogen (secondary N) is 1. The topological polar surface area (TPSA) is 42.0 Å². The lowest BCUT2D eigenvalue weighted by molar-refractivity contribution is 0.102. The van der Waals surface area contributed by atoms with Crippen molar-refractivity contribution in [2.24, 2.45) is 0 Å². The summed E-state index contributed by atoms with van der Waals surface area (Å²) in [7, 11) is 0. The van der Waals surface area contributed by atoms with Crippen LogP contribution in [0.25, 0.3) is 0 Å². The second-order valence-corrected chi connectivity index (χ2v) is 5.40. The zero-order chi connectivity index (χ0) is 14.7. The third kappa shape index (κ3) is 3.44. The van der Waals surface area contributed by atoms with Crippen molar-refractivity contribution in [3.05, 3.63) is 58.8 Å². The van der Waals surface area contributed by atoms with Gasteiger partial charge < -0.3 is 5.32 Å². The van der Waals surface area contributed by atoms with Gasteiger partial charge in [-0.3, -0.25) is 4.79 Å². The summed E-state index contributed by atoms with van der Waals surface area (Å²) < 4.78 is 0. The predicted molar refractivity (Wildman–Crippen MR) is 82.2 cm³/mol. The molecule has 0 spiro atoms. The average molecular weight is 268 g/mol. The van der Waals surface area contributed by atoms with Gasteiger partial charge in [0.1, 0.15) is 5.82 Å². The molecule has 0 saturated heterocycles. The maximum absolute atomic E-state index is 12.2. The van der Waals surface area contributed by atoms with Crippen molar-refractivity contribution in [2.45, 2.75) is 33.6 Å². The lowest BCUT2D eigenvalue weighted by Gasteiger charge is -2.08. The van der Waals surface area contributed by atoms with E-state index in [2.05, 4.69) is 24.1 Å². The minimum Gasteiger partial charge on any atom is -0.307 e. The van der Waals surface area contributed by atoms with Gasteiger partial charge in [0.05, 0.1) is 0 Å². The van der Waals surface area contributed by atoms with E-state index in [1.165, 1.54) is 5.56 Å². The number of hydrogen-bond donors (Lipinski definition) is 1. The minimum atomic E-state index is -0.127. The number of aryl methyl sites for hydroxylation is 2. The molecule has 104 valence electrons. The van der Waals surface area contributed by atoms with Gasteiger partial charge in [0.15, 0.2) is 0 Å². The van der Waals surface area contributed by atoms with Crippen molar-refractivity contribution < 1.29 is 4.79 Å². The fraction of sp³-hybridized carbons (Fsp3) is 0.294. The van der Waals surface area contributed by atoms with Crippen LogP contribution in [-0.4, -0.2) is 10.9 Å². The van der Waals surface area contributed by atoms with E-state index in [9.17, 15) is 4.79 Å². The number of anilines is 1. The van der Waals surface area contributed by atoms with Gasteiger partial charge >= 0.3 is 0 Å². The molecule has 3 nitrogen and oxygen atoms in total. The largest absolute Gasteiger partial charge is 0.307 e. The van der Waals surface area contributed by atoms with Crippen molar-refractivity contribution in [1.29, 1.82) is 0 Å². The van der Waals surface area contributed by atoms with Crippen LogP contribution in [-0.2, 0) is 0 Å². The number of carbonyl (C=O) groups is 1. The van der Waals surface area contributed by atoms with Crippen molar-refractivity contribution >= 4 is 11.7 Å². The molecule has 0 aliphatic heterocycles. The van der Waals surface area contributed by atoms with E-state index in [4.69, 9.17) is 0 Å². The quantitative estimate of drug-likeness (QED) is 0.911. The van der Waals surface area contributed by atoms with Crippen LogP contribution in [0.4, 0.5) is 5.82 Å². The fourth-order valence-corrected chi connectivity index (χ4v) is 2.11. The summed E-state index contributed by atoms with van der Waals surface area (Å²) in [6.07, 6.45) is 0. The van der Waals surface area contributed by atoms with Gasteiger partial charge in [0.25, 0.3) is 5.91 Å². The number of rotatable bonds is 3. The van der Waals surface area contributed by atoms with Crippen LogP contribution in [0.15, 0.2) is 36.4 Å². The zero-order valence-corrected chi connectivity index (χ0v) is 12.4. The van der Waals surface area contributed by atoms with Gasteiger partial charge in [-0.1, -0.05) is 26.0 Å². The summed E-state index contributed by atoms with van der Waals surface area (Å²) in [6, 6.07) is 11.5. The molecule has 0 radical (unpaired) electrons. The summed E-state index contributed by atoms with van der Waals surface area (Å²) in [4.78, 5) is 16.5. The number of aromatic nitrogens is 1. The minimum absolute atomic E-state index is 0.127. The Hall–Kier alpha value is -2.16. The van der Waals surface area contributed by atoms with E-state index in [0.717, 1.165) is 11.3 Å². The molecule has 0 aliphatic carbocycles. The SMILES string of the molecule is Cc1cc(C)nc(NC(=O)c2ccc(C(C)C)cc2)c1. The summed E-state index contributed by atoms with van der Waals surface area (Å²) in [5.41, 5.74) is 3.86. The third-order valence-corrected chi connectivity index (χ3v) is 3.18. The molecule has 1 heterocycles. The molecule has 0 saturated carbocycles. The molecule has 2 aromatic rings. The normalized spacial score (nSPS) is 10.7. The van der Waals surface area contributed by atoms with Crippen LogP contribution in [0.3, 0.4) is 0 Å². The zero-order valence-electron chi connectivity index (χ0n) is 12.4. The fourth-order valence-electron chi connectivity index (χ4n) is 2.11. The van der Waals surface area contributed by atoms with Crippen LogP contribution < -0.4 is 5.32 Å². The summed E-state index contributed by atoms with van der Waals surface area (Å²) in [6.45, 7) is 8.17. The molecule has 1 amide bonds. The Morgan fingerprint density at radius 1 is 1.10 bits per heavy atom. The van der Waals surface area contributed by atoms with Crippen LogP contribution >= 0.6 is 0 Å². The first-order chi connectivity index (χ1) is 9.45. The Kier molecular flexibility index (Phi) is 4.18. The molecule has 0 fully saturated rings. The van der Waals surface area contributed by atoms with E-state index >= 15 is 0 Å². The van der Waals surface area contributed by atoms with Crippen molar-refractivity contribution in [1.82, 2.24) is 4.98 Å².